The molecule has 12 heteroatoms. The van der Waals surface area contributed by atoms with Crippen molar-refractivity contribution in [2.75, 3.05) is 39.3 Å². The van der Waals surface area contributed by atoms with Gasteiger partial charge in [-0.1, -0.05) is 181 Å². The molecule has 1 fully saturated rings. The van der Waals surface area contributed by atoms with Crippen LogP contribution < -0.4 is 16.0 Å². The summed E-state index contributed by atoms with van der Waals surface area (Å²) in [6.45, 7) is 10.9. The van der Waals surface area contributed by atoms with Crippen LogP contribution in [-0.2, 0) is 19.6 Å². The summed E-state index contributed by atoms with van der Waals surface area (Å²) in [5.74, 6) is 19.0. The zero-order valence-corrected chi connectivity index (χ0v) is 49.3. The number of pyridine rings is 3. The summed E-state index contributed by atoms with van der Waals surface area (Å²) < 4.78 is 0. The molecule has 87 heavy (non-hydrogen) atoms. The van der Waals surface area contributed by atoms with Gasteiger partial charge in [-0.2, -0.15) is 0 Å². The lowest BCUT2D eigenvalue weighted by Gasteiger charge is -2.26. The second-order valence-corrected chi connectivity index (χ2v) is 21.7. The Morgan fingerprint density at radius 2 is 0.552 bits per heavy atom. The van der Waals surface area contributed by atoms with E-state index in [4.69, 9.17) is 15.0 Å². The highest BCUT2D eigenvalue weighted by Crippen LogP contribution is 2.20. The quantitative estimate of drug-likeness (QED) is 0.0858. The van der Waals surface area contributed by atoms with E-state index in [1.807, 2.05) is 221 Å². The molecular weight excluding hydrogens is 1070 g/mol. The Hall–Kier alpha value is -10.3. The molecule has 0 unspecified atom stereocenters. The standard InChI is InChI=1S/C75H69N9O3/c1-55(64-28-16-7-17-29-64)76-73(85)70-49-61(37-34-58-22-10-4-11-23-58)46-67(79-70)52-82-40-42-83(53-68-47-62(38-35-59-24-12-5-13-25-59)50-71(80-68)74(86)77-56(2)65-30-18-8-19-31-65)44-45-84(43-41-82)54-69-48-63(39-36-60-26-14-6-15-27-60)51-72(81-69)75(87)78-57(3)66-32-20-9-21-33-66/h4-33,46-51,55-57H,40-45,52-54H2,1-3H3,(H,76,85)(H,77,86)(H,78,87)/t55-,56-,57-/m0/s1. The van der Waals surface area contributed by atoms with Crippen LogP contribution in [0.25, 0.3) is 0 Å². The number of carbonyl (C=O) groups is 3. The molecule has 0 saturated carbocycles. The molecule has 1 aliphatic heterocycles. The molecule has 1 saturated heterocycles. The van der Waals surface area contributed by atoms with Gasteiger partial charge in [0.25, 0.3) is 17.7 Å². The van der Waals surface area contributed by atoms with Gasteiger partial charge in [-0.15, -0.1) is 0 Å². The summed E-state index contributed by atoms with van der Waals surface area (Å²) in [5, 5.41) is 9.51. The van der Waals surface area contributed by atoms with Crippen LogP contribution in [0.3, 0.4) is 0 Å². The van der Waals surface area contributed by atoms with E-state index in [1.54, 1.807) is 18.2 Å². The normalized spacial score (nSPS) is 13.8. The van der Waals surface area contributed by atoms with Crippen molar-refractivity contribution in [1.29, 1.82) is 0 Å². The van der Waals surface area contributed by atoms with Crippen molar-refractivity contribution in [1.82, 2.24) is 45.6 Å². The van der Waals surface area contributed by atoms with Crippen LogP contribution in [0, 0.1) is 35.5 Å². The molecule has 9 aromatic rings. The van der Waals surface area contributed by atoms with Gasteiger partial charge in [0.15, 0.2) is 0 Å². The van der Waals surface area contributed by atoms with Gasteiger partial charge in [0.2, 0.25) is 0 Å². The summed E-state index contributed by atoms with van der Waals surface area (Å²) in [5.41, 5.74) is 10.5. The summed E-state index contributed by atoms with van der Waals surface area (Å²) in [4.78, 5) is 64.8. The largest absolute Gasteiger partial charge is 0.344 e. The SMILES string of the molecule is C[C@H](NC(=O)c1cc(C#Cc2ccccc2)cc(CN2CCN(Cc3cc(C#Cc4ccccc4)cc(C(=O)N[C@@H](C)c4ccccc4)n3)CCN(Cc3cc(C#Cc4ccccc4)cc(C(=O)N[C@@H](C)c4ccccc4)n3)CC2)n1)c1ccccc1. The van der Waals surface area contributed by atoms with Crippen LogP contribution in [0.1, 0.15) is 138 Å². The summed E-state index contributed by atoms with van der Waals surface area (Å²) in [6, 6.07) is 69.4. The Morgan fingerprint density at radius 3 is 0.793 bits per heavy atom. The number of hydrogen-bond acceptors (Lipinski definition) is 9. The van der Waals surface area contributed by atoms with E-state index in [-0.39, 0.29) is 52.9 Å². The Bertz CT molecular complexity index is 3560. The number of benzene rings is 6. The minimum Gasteiger partial charge on any atom is -0.344 e. The zero-order valence-electron chi connectivity index (χ0n) is 49.3. The second kappa shape index (κ2) is 30.0. The summed E-state index contributed by atoms with van der Waals surface area (Å²) in [6.07, 6.45) is 0. The molecule has 6 aromatic carbocycles. The monoisotopic (exact) mass is 1140 g/mol. The smallest absolute Gasteiger partial charge is 0.270 e. The molecule has 1 aliphatic rings. The van der Waals surface area contributed by atoms with E-state index < -0.39 is 0 Å². The molecule has 432 valence electrons. The van der Waals surface area contributed by atoms with Gasteiger partial charge in [0.05, 0.1) is 35.2 Å². The van der Waals surface area contributed by atoms with Crippen molar-refractivity contribution in [3.63, 3.8) is 0 Å². The third kappa shape index (κ3) is 17.9. The van der Waals surface area contributed by atoms with Crippen molar-refractivity contribution in [3.8, 4) is 35.5 Å². The van der Waals surface area contributed by atoms with E-state index in [0.717, 1.165) is 33.4 Å². The first kappa shape index (κ1) is 59.9. The van der Waals surface area contributed by atoms with Crippen LogP contribution in [0.4, 0.5) is 0 Å². The highest BCUT2D eigenvalue weighted by Gasteiger charge is 2.23. The minimum absolute atomic E-state index is 0.262. The maximum absolute atomic E-state index is 14.2. The topological polar surface area (TPSA) is 136 Å². The number of nitrogens with zero attached hydrogens (tertiary/aromatic N) is 6. The van der Waals surface area contributed by atoms with E-state index in [0.29, 0.717) is 92.7 Å². The second-order valence-electron chi connectivity index (χ2n) is 21.7. The molecule has 0 bridgehead atoms. The van der Waals surface area contributed by atoms with Gasteiger partial charge in [-0.05, 0) is 110 Å². The van der Waals surface area contributed by atoms with Gasteiger partial charge < -0.3 is 16.0 Å². The molecule has 4 heterocycles. The van der Waals surface area contributed by atoms with Gasteiger partial charge in [0.1, 0.15) is 17.1 Å². The fourth-order valence-corrected chi connectivity index (χ4v) is 10.2. The summed E-state index contributed by atoms with van der Waals surface area (Å²) in [7, 11) is 0. The maximum Gasteiger partial charge on any atom is 0.270 e. The van der Waals surface area contributed by atoms with Crippen LogP contribution in [0.15, 0.2) is 218 Å². The van der Waals surface area contributed by atoms with Crippen LogP contribution >= 0.6 is 0 Å². The summed E-state index contributed by atoms with van der Waals surface area (Å²) >= 11 is 0. The molecule has 10 rings (SSSR count). The number of rotatable bonds is 15. The highest BCUT2D eigenvalue weighted by atomic mass is 16.2. The number of nitrogens with one attached hydrogen (secondary N) is 3. The Kier molecular flexibility index (Phi) is 20.7. The predicted octanol–water partition coefficient (Wildman–Crippen LogP) is 11.4. The van der Waals surface area contributed by atoms with Crippen LogP contribution in [0.2, 0.25) is 0 Å². The molecular formula is C75H69N9O3. The molecule has 0 spiro atoms. The highest BCUT2D eigenvalue weighted by molar-refractivity contribution is 5.94. The van der Waals surface area contributed by atoms with Crippen molar-refractivity contribution in [2.45, 2.75) is 58.5 Å². The lowest BCUT2D eigenvalue weighted by Crippen LogP contribution is -2.36. The lowest BCUT2D eigenvalue weighted by molar-refractivity contribution is 0.0926. The fourth-order valence-electron chi connectivity index (χ4n) is 10.2. The lowest BCUT2D eigenvalue weighted by atomic mass is 10.1. The van der Waals surface area contributed by atoms with E-state index >= 15 is 0 Å². The third-order valence-electron chi connectivity index (χ3n) is 15.0. The van der Waals surface area contributed by atoms with E-state index in [2.05, 4.69) is 66.2 Å². The molecule has 0 radical (unpaired) electrons. The number of amides is 3. The van der Waals surface area contributed by atoms with Crippen LogP contribution in [-0.4, -0.2) is 86.6 Å². The van der Waals surface area contributed by atoms with E-state index in [9.17, 15) is 14.4 Å². The van der Waals surface area contributed by atoms with Gasteiger partial charge in [-0.25, -0.2) is 15.0 Å². The molecule has 12 nitrogen and oxygen atoms in total. The van der Waals surface area contributed by atoms with E-state index in [1.165, 1.54) is 0 Å². The first-order valence-electron chi connectivity index (χ1n) is 29.5. The zero-order chi connectivity index (χ0) is 60.2. The molecule has 3 amide bonds. The van der Waals surface area contributed by atoms with Crippen molar-refractivity contribution >= 4 is 17.7 Å². The molecule has 3 N–H and O–H groups in total. The maximum atomic E-state index is 14.2. The third-order valence-corrected chi connectivity index (χ3v) is 15.0. The van der Waals surface area contributed by atoms with Crippen molar-refractivity contribution < 1.29 is 14.4 Å². The van der Waals surface area contributed by atoms with Gasteiger partial charge in [0, 0.05) is 92.3 Å². The Labute approximate surface area is 511 Å². The Morgan fingerprint density at radius 1 is 0.333 bits per heavy atom. The first-order valence-corrected chi connectivity index (χ1v) is 29.5. The molecule has 3 atom stereocenters. The van der Waals surface area contributed by atoms with Gasteiger partial charge >= 0.3 is 0 Å². The Balaban J connectivity index is 0.983. The number of aromatic nitrogens is 3. The first-order chi connectivity index (χ1) is 42.5. The predicted molar refractivity (Wildman–Crippen MR) is 343 cm³/mol. The fraction of sp³-hybridized carbons (Fsp3) is 0.200. The average molecular weight is 1140 g/mol. The van der Waals surface area contributed by atoms with Crippen molar-refractivity contribution in [2.24, 2.45) is 0 Å². The average Bonchev–Trinajstić information content (AvgIpc) is 3.81. The van der Waals surface area contributed by atoms with Crippen molar-refractivity contribution in [3.05, 3.63) is 303 Å². The molecule has 0 aliphatic carbocycles. The number of carbonyl (C=O) groups excluding carboxylic acids is 3. The minimum atomic E-state index is -0.297. The van der Waals surface area contributed by atoms with Gasteiger partial charge in [-0.3, -0.25) is 29.1 Å². The number of hydrogen-bond donors (Lipinski definition) is 3. The molecule has 3 aromatic heterocycles. The van der Waals surface area contributed by atoms with Crippen LogP contribution in [0.5, 0.6) is 0 Å².